The van der Waals surface area contributed by atoms with Gasteiger partial charge in [-0.05, 0) is 5.56 Å². The minimum atomic E-state index is -3.29. The first kappa shape index (κ1) is 11.7. The molecule has 0 unspecified atom stereocenters. The zero-order valence-corrected chi connectivity index (χ0v) is 9.16. The average Bonchev–Trinajstić information content (AvgIpc) is 2.17. The molecule has 0 bridgehead atoms. The van der Waals surface area contributed by atoms with E-state index in [2.05, 4.69) is 4.72 Å². The summed E-state index contributed by atoms with van der Waals surface area (Å²) in [5.41, 5.74) is 0.796. The average molecular weight is 224 g/mol. The molecule has 0 aliphatic heterocycles. The van der Waals surface area contributed by atoms with Gasteiger partial charge in [-0.3, -0.25) is 0 Å². The number of nitriles is 1. The number of nitrogens with zero attached hydrogens (tertiary/aromatic N) is 1. The Morgan fingerprint density at radius 1 is 1.40 bits per heavy atom. The van der Waals surface area contributed by atoms with Crippen LogP contribution in [0, 0.1) is 11.3 Å². The van der Waals surface area contributed by atoms with Crippen LogP contribution in [-0.4, -0.2) is 14.7 Å². The van der Waals surface area contributed by atoms with Crippen molar-refractivity contribution in [3.8, 4) is 6.07 Å². The molecule has 1 aromatic carbocycles. The second-order valence-corrected chi connectivity index (χ2v) is 5.00. The van der Waals surface area contributed by atoms with Crippen molar-refractivity contribution >= 4 is 10.0 Å². The Morgan fingerprint density at radius 2 is 2.00 bits per heavy atom. The molecule has 0 saturated heterocycles. The molecule has 1 N–H and O–H groups in total. The van der Waals surface area contributed by atoms with Gasteiger partial charge >= 0.3 is 0 Å². The normalized spacial score (nSPS) is 13.1. The summed E-state index contributed by atoms with van der Waals surface area (Å²) >= 11 is 0. The molecule has 80 valence electrons. The minimum Gasteiger partial charge on any atom is -0.213 e. The second kappa shape index (κ2) is 4.91. The third kappa shape index (κ3) is 4.11. The highest BCUT2D eigenvalue weighted by Gasteiger charge is 2.14. The molecule has 15 heavy (non-hydrogen) atoms. The summed E-state index contributed by atoms with van der Waals surface area (Å²) in [6.45, 7) is 0. The molecule has 4 nitrogen and oxygen atoms in total. The third-order valence-corrected chi connectivity index (χ3v) is 2.57. The van der Waals surface area contributed by atoms with Crippen LogP contribution in [0.25, 0.3) is 0 Å². The first-order valence-corrected chi connectivity index (χ1v) is 6.31. The summed E-state index contributed by atoms with van der Waals surface area (Å²) in [5, 5.41) is 8.61. The van der Waals surface area contributed by atoms with Crippen molar-refractivity contribution in [1.82, 2.24) is 4.72 Å². The van der Waals surface area contributed by atoms with E-state index < -0.39 is 16.1 Å². The molecule has 0 saturated carbocycles. The Morgan fingerprint density at radius 3 is 2.47 bits per heavy atom. The lowest BCUT2D eigenvalue weighted by Gasteiger charge is -2.14. The highest BCUT2D eigenvalue weighted by Crippen LogP contribution is 2.16. The van der Waals surface area contributed by atoms with Gasteiger partial charge in [-0.2, -0.15) is 5.26 Å². The summed E-state index contributed by atoms with van der Waals surface area (Å²) in [7, 11) is -3.29. The second-order valence-electron chi connectivity index (χ2n) is 3.22. The Hall–Kier alpha value is -1.38. The van der Waals surface area contributed by atoms with Crippen LogP contribution in [0.1, 0.15) is 18.0 Å². The van der Waals surface area contributed by atoms with Crippen LogP contribution in [0.15, 0.2) is 30.3 Å². The maximum absolute atomic E-state index is 11.1. The fourth-order valence-corrected chi connectivity index (χ4v) is 2.00. The summed E-state index contributed by atoms with van der Waals surface area (Å²) in [4.78, 5) is 0. The first-order chi connectivity index (χ1) is 7.03. The van der Waals surface area contributed by atoms with Gasteiger partial charge < -0.3 is 0 Å². The lowest BCUT2D eigenvalue weighted by atomic mass is 10.1. The summed E-state index contributed by atoms with van der Waals surface area (Å²) < 4.78 is 24.6. The van der Waals surface area contributed by atoms with Crippen LogP contribution in [0.5, 0.6) is 0 Å². The summed E-state index contributed by atoms with van der Waals surface area (Å²) in [6, 6.07) is 10.5. The van der Waals surface area contributed by atoms with Crippen molar-refractivity contribution in [2.75, 3.05) is 6.26 Å². The van der Waals surface area contributed by atoms with Gasteiger partial charge in [-0.25, -0.2) is 13.1 Å². The van der Waals surface area contributed by atoms with Gasteiger partial charge in [0, 0.05) is 0 Å². The molecule has 0 fully saturated rings. The van der Waals surface area contributed by atoms with Crippen molar-refractivity contribution in [1.29, 1.82) is 5.26 Å². The van der Waals surface area contributed by atoms with E-state index in [1.807, 2.05) is 24.3 Å². The quantitative estimate of drug-likeness (QED) is 0.835. The van der Waals surface area contributed by atoms with Gasteiger partial charge in [0.05, 0.1) is 24.8 Å². The zero-order chi connectivity index (χ0) is 11.3. The molecular weight excluding hydrogens is 212 g/mol. The summed E-state index contributed by atoms with van der Waals surface area (Å²) in [5.74, 6) is 0. The van der Waals surface area contributed by atoms with Gasteiger partial charge in [0.1, 0.15) is 0 Å². The molecule has 0 amide bonds. The fraction of sp³-hybridized carbons (Fsp3) is 0.300. The molecule has 0 aliphatic rings. The molecule has 5 heteroatoms. The van der Waals surface area contributed by atoms with E-state index >= 15 is 0 Å². The molecule has 0 radical (unpaired) electrons. The topological polar surface area (TPSA) is 70.0 Å². The summed E-state index contributed by atoms with van der Waals surface area (Å²) in [6.07, 6.45) is 1.21. The smallest absolute Gasteiger partial charge is 0.209 e. The van der Waals surface area contributed by atoms with Crippen LogP contribution < -0.4 is 4.72 Å². The van der Waals surface area contributed by atoms with Crippen LogP contribution in [0.4, 0.5) is 0 Å². The SMILES string of the molecule is CS(=O)(=O)N[C@H](CC#N)c1ccccc1. The van der Waals surface area contributed by atoms with Crippen LogP contribution in [0.2, 0.25) is 0 Å². The predicted octanol–water partition coefficient (Wildman–Crippen LogP) is 1.19. The molecular formula is C10H12N2O2S. The number of sulfonamides is 1. The minimum absolute atomic E-state index is 0.122. The molecule has 1 aromatic rings. The molecule has 1 atom stereocenters. The van der Waals surface area contributed by atoms with Gasteiger partial charge in [-0.15, -0.1) is 0 Å². The van der Waals surface area contributed by atoms with Crippen molar-refractivity contribution in [3.63, 3.8) is 0 Å². The van der Waals surface area contributed by atoms with Crippen molar-refractivity contribution < 1.29 is 8.42 Å². The van der Waals surface area contributed by atoms with Crippen LogP contribution in [-0.2, 0) is 10.0 Å². The lowest BCUT2D eigenvalue weighted by molar-refractivity contribution is 0.565. The number of benzene rings is 1. The van der Waals surface area contributed by atoms with E-state index in [1.165, 1.54) is 0 Å². The van der Waals surface area contributed by atoms with Crippen molar-refractivity contribution in [2.45, 2.75) is 12.5 Å². The van der Waals surface area contributed by atoms with Gasteiger partial charge in [-0.1, -0.05) is 30.3 Å². The number of nitrogens with one attached hydrogen (secondary N) is 1. The van der Waals surface area contributed by atoms with Gasteiger partial charge in [0.25, 0.3) is 0 Å². The van der Waals surface area contributed by atoms with E-state index in [9.17, 15) is 8.42 Å². The first-order valence-electron chi connectivity index (χ1n) is 4.42. The Labute approximate surface area is 89.6 Å². The molecule has 0 spiro atoms. The van der Waals surface area contributed by atoms with E-state index in [0.717, 1.165) is 11.8 Å². The monoisotopic (exact) mass is 224 g/mol. The maximum Gasteiger partial charge on any atom is 0.209 e. The maximum atomic E-state index is 11.1. The number of hydrogen-bond donors (Lipinski definition) is 1. The third-order valence-electron chi connectivity index (χ3n) is 1.85. The Bertz CT molecular complexity index is 448. The highest BCUT2D eigenvalue weighted by atomic mass is 32.2. The lowest BCUT2D eigenvalue weighted by Crippen LogP contribution is -2.27. The van der Waals surface area contributed by atoms with Crippen LogP contribution in [0.3, 0.4) is 0 Å². The Kier molecular flexibility index (Phi) is 3.83. The predicted molar refractivity (Wildman–Crippen MR) is 57.4 cm³/mol. The molecule has 0 aromatic heterocycles. The largest absolute Gasteiger partial charge is 0.213 e. The Balaban J connectivity index is 2.90. The standard InChI is InChI=1S/C10H12N2O2S/c1-15(13,14)12-10(7-8-11)9-5-3-2-4-6-9/h2-6,10,12H,7H2,1H3/t10-/m1/s1. The zero-order valence-electron chi connectivity index (χ0n) is 8.34. The van der Waals surface area contributed by atoms with E-state index in [0.29, 0.717) is 0 Å². The van der Waals surface area contributed by atoms with Crippen LogP contribution >= 0.6 is 0 Å². The highest BCUT2D eigenvalue weighted by molar-refractivity contribution is 7.88. The molecule has 1 rings (SSSR count). The fourth-order valence-electron chi connectivity index (χ4n) is 1.26. The van der Waals surface area contributed by atoms with E-state index in [1.54, 1.807) is 12.1 Å². The molecule has 0 heterocycles. The van der Waals surface area contributed by atoms with Gasteiger partial charge in [0.2, 0.25) is 10.0 Å². The van der Waals surface area contributed by atoms with E-state index in [-0.39, 0.29) is 6.42 Å². The van der Waals surface area contributed by atoms with Gasteiger partial charge in [0.15, 0.2) is 0 Å². The van der Waals surface area contributed by atoms with Crippen molar-refractivity contribution in [2.24, 2.45) is 0 Å². The number of hydrogen-bond acceptors (Lipinski definition) is 3. The van der Waals surface area contributed by atoms with E-state index in [4.69, 9.17) is 5.26 Å². The molecule has 0 aliphatic carbocycles. The van der Waals surface area contributed by atoms with Crippen molar-refractivity contribution in [3.05, 3.63) is 35.9 Å². The number of rotatable bonds is 4.